The number of ether oxygens (including phenoxy) is 1. The first-order valence-electron chi connectivity index (χ1n) is 8.41. The van der Waals surface area contributed by atoms with Crippen LogP contribution in [0.25, 0.3) is 11.3 Å². The van der Waals surface area contributed by atoms with Gasteiger partial charge in [-0.15, -0.1) is 0 Å². The van der Waals surface area contributed by atoms with Gasteiger partial charge in [0, 0.05) is 5.56 Å². The number of rotatable bonds is 6. The van der Waals surface area contributed by atoms with Gasteiger partial charge in [0.15, 0.2) is 0 Å². The van der Waals surface area contributed by atoms with E-state index in [0.717, 1.165) is 11.3 Å². The number of H-pyrrole nitrogens is 1. The van der Waals surface area contributed by atoms with Gasteiger partial charge in [-0.1, -0.05) is 12.1 Å². The summed E-state index contributed by atoms with van der Waals surface area (Å²) in [7, 11) is 0. The zero-order valence-electron chi connectivity index (χ0n) is 14.6. The molecule has 3 rings (SSSR count). The van der Waals surface area contributed by atoms with Crippen LogP contribution in [-0.2, 0) is 0 Å². The van der Waals surface area contributed by atoms with Crippen molar-refractivity contribution in [2.75, 3.05) is 6.61 Å². The van der Waals surface area contributed by atoms with E-state index in [0.29, 0.717) is 23.4 Å². The average Bonchev–Trinajstić information content (AvgIpc) is 3.13. The Morgan fingerprint density at radius 2 is 1.88 bits per heavy atom. The molecule has 0 unspecified atom stereocenters. The number of benzene rings is 2. The van der Waals surface area contributed by atoms with Crippen molar-refractivity contribution in [1.29, 1.82) is 0 Å². The number of hydrogen-bond donors (Lipinski definition) is 2. The van der Waals surface area contributed by atoms with Gasteiger partial charge in [0.05, 0.1) is 30.1 Å². The molecule has 0 aliphatic heterocycles. The van der Waals surface area contributed by atoms with Crippen LogP contribution in [0.2, 0.25) is 0 Å². The number of nitrogens with one attached hydrogen (secondary N) is 2. The summed E-state index contributed by atoms with van der Waals surface area (Å²) in [6.07, 6.45) is 1.47. The molecule has 0 saturated heterocycles. The number of carbonyl (C=O) groups is 1. The standard InChI is InChI=1S/C20H20FN3O2/c1-3-26-17-10-6-14(7-11-17)13(2)23-20(25)18-12-22-24-19(18)15-4-8-16(21)9-5-15/h4-13H,3H2,1-2H3,(H,22,24)(H,23,25)/t13-/m1/s1. The smallest absolute Gasteiger partial charge is 0.255 e. The van der Waals surface area contributed by atoms with Crippen LogP contribution in [0.5, 0.6) is 5.75 Å². The summed E-state index contributed by atoms with van der Waals surface area (Å²) in [5, 5.41) is 9.72. The third-order valence-corrected chi connectivity index (χ3v) is 4.06. The molecule has 6 heteroatoms. The molecule has 1 aromatic heterocycles. The maximum atomic E-state index is 13.1. The lowest BCUT2D eigenvalue weighted by Gasteiger charge is -2.15. The number of aromatic nitrogens is 2. The molecule has 2 N–H and O–H groups in total. The highest BCUT2D eigenvalue weighted by molar-refractivity contribution is 5.99. The van der Waals surface area contributed by atoms with Crippen LogP contribution in [0.1, 0.15) is 35.8 Å². The van der Waals surface area contributed by atoms with Crippen molar-refractivity contribution in [3.8, 4) is 17.0 Å². The molecule has 5 nitrogen and oxygen atoms in total. The lowest BCUT2D eigenvalue weighted by atomic mass is 10.1. The van der Waals surface area contributed by atoms with Crippen molar-refractivity contribution in [1.82, 2.24) is 15.5 Å². The lowest BCUT2D eigenvalue weighted by Crippen LogP contribution is -2.26. The molecule has 0 fully saturated rings. The predicted molar refractivity (Wildman–Crippen MR) is 97.5 cm³/mol. The fourth-order valence-electron chi connectivity index (χ4n) is 2.67. The van der Waals surface area contributed by atoms with Crippen LogP contribution in [0.15, 0.2) is 54.7 Å². The molecule has 3 aromatic rings. The summed E-state index contributed by atoms with van der Waals surface area (Å²) < 4.78 is 18.5. The summed E-state index contributed by atoms with van der Waals surface area (Å²) >= 11 is 0. The summed E-state index contributed by atoms with van der Waals surface area (Å²) in [5.74, 6) is 0.214. The minimum atomic E-state index is -0.330. The molecule has 134 valence electrons. The molecule has 0 aliphatic rings. The van der Waals surface area contributed by atoms with E-state index in [-0.39, 0.29) is 17.8 Å². The molecule has 0 spiro atoms. The Kier molecular flexibility index (Phi) is 5.31. The van der Waals surface area contributed by atoms with Gasteiger partial charge in [-0.05, 0) is 55.8 Å². The number of hydrogen-bond acceptors (Lipinski definition) is 3. The largest absolute Gasteiger partial charge is 0.494 e. The highest BCUT2D eigenvalue weighted by Crippen LogP contribution is 2.23. The monoisotopic (exact) mass is 353 g/mol. The molecule has 0 bridgehead atoms. The maximum Gasteiger partial charge on any atom is 0.255 e. The lowest BCUT2D eigenvalue weighted by molar-refractivity contribution is 0.0940. The zero-order chi connectivity index (χ0) is 18.5. The fraction of sp³-hybridized carbons (Fsp3) is 0.200. The van der Waals surface area contributed by atoms with Gasteiger partial charge >= 0.3 is 0 Å². The summed E-state index contributed by atoms with van der Waals surface area (Å²) in [5.41, 5.74) is 2.63. The Bertz CT molecular complexity index is 873. The molecule has 2 aromatic carbocycles. The van der Waals surface area contributed by atoms with E-state index in [1.54, 1.807) is 12.1 Å². The van der Waals surface area contributed by atoms with Crippen molar-refractivity contribution in [2.24, 2.45) is 0 Å². The molecule has 0 radical (unpaired) electrons. The van der Waals surface area contributed by atoms with E-state index in [2.05, 4.69) is 15.5 Å². The third-order valence-electron chi connectivity index (χ3n) is 4.06. The second-order valence-corrected chi connectivity index (χ2v) is 5.86. The number of nitrogens with zero attached hydrogens (tertiary/aromatic N) is 1. The van der Waals surface area contributed by atoms with E-state index in [1.807, 2.05) is 38.1 Å². The Morgan fingerprint density at radius 1 is 1.19 bits per heavy atom. The van der Waals surface area contributed by atoms with Gasteiger partial charge in [0.25, 0.3) is 5.91 Å². The second kappa shape index (κ2) is 7.82. The van der Waals surface area contributed by atoms with Crippen LogP contribution in [0, 0.1) is 5.82 Å². The van der Waals surface area contributed by atoms with Gasteiger partial charge in [-0.3, -0.25) is 9.89 Å². The molecule has 1 heterocycles. The molecule has 26 heavy (non-hydrogen) atoms. The number of carbonyl (C=O) groups excluding carboxylic acids is 1. The average molecular weight is 353 g/mol. The Morgan fingerprint density at radius 3 is 2.54 bits per heavy atom. The first-order valence-corrected chi connectivity index (χ1v) is 8.41. The van der Waals surface area contributed by atoms with Crippen LogP contribution in [0.3, 0.4) is 0 Å². The van der Waals surface area contributed by atoms with Crippen molar-refractivity contribution in [3.63, 3.8) is 0 Å². The van der Waals surface area contributed by atoms with Gasteiger partial charge < -0.3 is 10.1 Å². The second-order valence-electron chi connectivity index (χ2n) is 5.86. The van der Waals surface area contributed by atoms with Gasteiger partial charge in [0.1, 0.15) is 11.6 Å². The van der Waals surface area contributed by atoms with Crippen LogP contribution < -0.4 is 10.1 Å². The van der Waals surface area contributed by atoms with E-state index in [1.165, 1.54) is 18.3 Å². The molecule has 0 aliphatic carbocycles. The molecular formula is C20H20FN3O2. The van der Waals surface area contributed by atoms with Gasteiger partial charge in [0.2, 0.25) is 0 Å². The highest BCUT2D eigenvalue weighted by Gasteiger charge is 2.18. The normalized spacial score (nSPS) is 11.8. The van der Waals surface area contributed by atoms with E-state index in [9.17, 15) is 9.18 Å². The molecular weight excluding hydrogens is 333 g/mol. The van der Waals surface area contributed by atoms with Crippen LogP contribution >= 0.6 is 0 Å². The van der Waals surface area contributed by atoms with Crippen molar-refractivity contribution >= 4 is 5.91 Å². The topological polar surface area (TPSA) is 67.0 Å². The first-order chi connectivity index (χ1) is 12.6. The summed E-state index contributed by atoms with van der Waals surface area (Å²) in [6, 6.07) is 13.3. The number of halogens is 1. The third kappa shape index (κ3) is 3.91. The Hall–Kier alpha value is -3.15. The van der Waals surface area contributed by atoms with Crippen molar-refractivity contribution < 1.29 is 13.9 Å². The summed E-state index contributed by atoms with van der Waals surface area (Å²) in [4.78, 5) is 12.7. The predicted octanol–water partition coefficient (Wildman–Crippen LogP) is 4.11. The maximum absolute atomic E-state index is 13.1. The van der Waals surface area contributed by atoms with E-state index < -0.39 is 0 Å². The fourth-order valence-corrected chi connectivity index (χ4v) is 2.67. The number of aromatic amines is 1. The Labute approximate surface area is 151 Å². The molecule has 1 amide bonds. The van der Waals surface area contributed by atoms with Crippen LogP contribution in [0.4, 0.5) is 4.39 Å². The summed E-state index contributed by atoms with van der Waals surface area (Å²) in [6.45, 7) is 4.45. The zero-order valence-corrected chi connectivity index (χ0v) is 14.6. The molecule has 0 saturated carbocycles. The van der Waals surface area contributed by atoms with E-state index >= 15 is 0 Å². The van der Waals surface area contributed by atoms with Crippen molar-refractivity contribution in [2.45, 2.75) is 19.9 Å². The van der Waals surface area contributed by atoms with E-state index in [4.69, 9.17) is 4.74 Å². The molecule has 1 atom stereocenters. The van der Waals surface area contributed by atoms with Gasteiger partial charge in [-0.2, -0.15) is 5.10 Å². The minimum Gasteiger partial charge on any atom is -0.494 e. The van der Waals surface area contributed by atoms with Gasteiger partial charge in [-0.25, -0.2) is 4.39 Å². The number of amides is 1. The quantitative estimate of drug-likeness (QED) is 0.701. The Balaban J connectivity index is 1.74. The highest BCUT2D eigenvalue weighted by atomic mass is 19.1. The van der Waals surface area contributed by atoms with Crippen LogP contribution in [-0.4, -0.2) is 22.7 Å². The first kappa shape index (κ1) is 17.7. The minimum absolute atomic E-state index is 0.186. The SMILES string of the molecule is CCOc1ccc([C@@H](C)NC(=O)c2cn[nH]c2-c2ccc(F)cc2)cc1. The van der Waals surface area contributed by atoms with Crippen molar-refractivity contribution in [3.05, 3.63) is 71.7 Å².